The van der Waals surface area contributed by atoms with Gasteiger partial charge in [-0.2, -0.15) is 4.68 Å². The van der Waals surface area contributed by atoms with E-state index in [1.807, 2.05) is 54.6 Å². The zero-order chi connectivity index (χ0) is 22.4. The molecule has 1 N–H and O–H groups in total. The number of hydrogen-bond acceptors (Lipinski definition) is 6. The van der Waals surface area contributed by atoms with Gasteiger partial charge in [0.25, 0.3) is 5.91 Å². The Labute approximate surface area is 180 Å². The quantitative estimate of drug-likeness (QED) is 0.485. The summed E-state index contributed by atoms with van der Waals surface area (Å²) in [7, 11) is 0. The maximum Gasteiger partial charge on any atom is 0.357 e. The van der Waals surface area contributed by atoms with Gasteiger partial charge in [-0.3, -0.25) is 4.79 Å². The average Bonchev–Trinajstić information content (AvgIpc) is 3.16. The van der Waals surface area contributed by atoms with Crippen molar-refractivity contribution < 1.29 is 14.3 Å². The minimum atomic E-state index is -0.711. The van der Waals surface area contributed by atoms with Gasteiger partial charge in [-0.05, 0) is 52.1 Å². The summed E-state index contributed by atoms with van der Waals surface area (Å²) in [6.45, 7) is 7.58. The second-order valence-corrected chi connectivity index (χ2v) is 8.03. The molecule has 8 heteroatoms. The molecule has 3 rings (SSSR count). The van der Waals surface area contributed by atoms with Gasteiger partial charge in [0.2, 0.25) is 0 Å². The van der Waals surface area contributed by atoms with Gasteiger partial charge >= 0.3 is 5.97 Å². The van der Waals surface area contributed by atoms with Crippen LogP contribution in [0, 0.1) is 6.92 Å². The van der Waals surface area contributed by atoms with Crippen molar-refractivity contribution in [1.82, 2.24) is 20.2 Å². The van der Waals surface area contributed by atoms with E-state index in [2.05, 4.69) is 41.6 Å². The van der Waals surface area contributed by atoms with Gasteiger partial charge in [-0.25, -0.2) is 4.79 Å². The molecule has 3 aromatic rings. The Bertz CT molecular complexity index is 1080. The Hall–Kier alpha value is -3.81. The number of carbonyl (C=O) groups excluding carboxylic acids is 2. The predicted octanol–water partition coefficient (Wildman–Crippen LogP) is 3.46. The first-order chi connectivity index (χ1) is 14.7. The van der Waals surface area contributed by atoms with Crippen molar-refractivity contribution in [3.63, 3.8) is 0 Å². The molecule has 1 aromatic heterocycles. The van der Waals surface area contributed by atoms with Crippen LogP contribution in [0.2, 0.25) is 0 Å². The molecule has 0 aliphatic carbocycles. The lowest BCUT2D eigenvalue weighted by atomic mass is 9.87. The van der Waals surface area contributed by atoms with E-state index in [-0.39, 0.29) is 11.1 Å². The number of hydrogen-bond donors (Lipinski definition) is 1. The van der Waals surface area contributed by atoms with Crippen LogP contribution in [0.5, 0.6) is 0 Å². The maximum absolute atomic E-state index is 12.7. The van der Waals surface area contributed by atoms with Crippen LogP contribution in [-0.4, -0.2) is 38.7 Å². The summed E-state index contributed by atoms with van der Waals surface area (Å²) in [5.41, 5.74) is 2.69. The van der Waals surface area contributed by atoms with Crippen molar-refractivity contribution in [2.75, 3.05) is 11.9 Å². The second kappa shape index (κ2) is 9.34. The summed E-state index contributed by atoms with van der Waals surface area (Å²) in [6.07, 6.45) is 1.61. The topological polar surface area (TPSA) is 99.0 Å². The molecule has 0 aliphatic rings. The first kappa shape index (κ1) is 21.9. The number of aromatic nitrogens is 4. The Morgan fingerprint density at radius 3 is 2.32 bits per heavy atom. The number of esters is 1. The van der Waals surface area contributed by atoms with E-state index in [9.17, 15) is 9.59 Å². The van der Waals surface area contributed by atoms with Gasteiger partial charge < -0.3 is 10.1 Å². The lowest BCUT2D eigenvalue weighted by Crippen LogP contribution is -2.23. The fraction of sp³-hybridized carbons (Fsp3) is 0.261. The SMILES string of the molecule is Cc1nnnn1/C(=C\c1ccccc1)C(=O)OCC(=O)Nc1ccc(C(C)(C)C)cc1. The summed E-state index contributed by atoms with van der Waals surface area (Å²) < 4.78 is 6.51. The van der Waals surface area contributed by atoms with Crippen molar-refractivity contribution in [2.45, 2.75) is 33.1 Å². The van der Waals surface area contributed by atoms with E-state index in [0.29, 0.717) is 11.5 Å². The number of nitrogens with zero attached hydrogens (tertiary/aromatic N) is 4. The van der Waals surface area contributed by atoms with Gasteiger partial charge in [0.05, 0.1) is 0 Å². The first-order valence-corrected chi connectivity index (χ1v) is 9.83. The molecule has 0 atom stereocenters. The van der Waals surface area contributed by atoms with Gasteiger partial charge in [-0.15, -0.1) is 5.10 Å². The number of carbonyl (C=O) groups is 2. The van der Waals surface area contributed by atoms with Crippen molar-refractivity contribution >= 4 is 29.3 Å². The number of nitrogens with one attached hydrogen (secondary N) is 1. The fourth-order valence-corrected chi connectivity index (χ4v) is 2.82. The molecule has 1 amide bonds. The van der Waals surface area contributed by atoms with E-state index in [0.717, 1.165) is 11.1 Å². The van der Waals surface area contributed by atoms with Crippen molar-refractivity contribution in [2.24, 2.45) is 0 Å². The fourth-order valence-electron chi connectivity index (χ4n) is 2.82. The van der Waals surface area contributed by atoms with E-state index in [1.54, 1.807) is 13.0 Å². The van der Waals surface area contributed by atoms with E-state index in [4.69, 9.17) is 4.74 Å². The highest BCUT2D eigenvalue weighted by atomic mass is 16.5. The van der Waals surface area contributed by atoms with Crippen LogP contribution in [0.25, 0.3) is 11.8 Å². The molecule has 31 heavy (non-hydrogen) atoms. The van der Waals surface area contributed by atoms with Crippen LogP contribution < -0.4 is 5.32 Å². The van der Waals surface area contributed by atoms with Crippen LogP contribution in [0.15, 0.2) is 54.6 Å². The zero-order valence-corrected chi connectivity index (χ0v) is 18.0. The van der Waals surface area contributed by atoms with E-state index >= 15 is 0 Å². The van der Waals surface area contributed by atoms with Crippen LogP contribution in [-0.2, 0) is 19.7 Å². The van der Waals surface area contributed by atoms with Gasteiger partial charge in [0.15, 0.2) is 18.1 Å². The number of rotatable bonds is 6. The Morgan fingerprint density at radius 1 is 1.06 bits per heavy atom. The molecule has 0 radical (unpaired) electrons. The normalized spacial score (nSPS) is 11.8. The lowest BCUT2D eigenvalue weighted by Gasteiger charge is -2.19. The molecule has 1 heterocycles. The molecule has 0 spiro atoms. The van der Waals surface area contributed by atoms with Gasteiger partial charge in [-0.1, -0.05) is 63.2 Å². The monoisotopic (exact) mass is 419 g/mol. The maximum atomic E-state index is 12.7. The van der Waals surface area contributed by atoms with Crippen molar-refractivity contribution in [1.29, 1.82) is 0 Å². The number of anilines is 1. The molecular weight excluding hydrogens is 394 g/mol. The molecular formula is C23H25N5O3. The summed E-state index contributed by atoms with van der Waals surface area (Å²) in [4.78, 5) is 25.0. The van der Waals surface area contributed by atoms with Crippen LogP contribution in [0.3, 0.4) is 0 Å². The van der Waals surface area contributed by atoms with Crippen LogP contribution in [0.4, 0.5) is 5.69 Å². The lowest BCUT2D eigenvalue weighted by molar-refractivity contribution is -0.141. The molecule has 0 unspecified atom stereocenters. The van der Waals surface area contributed by atoms with Crippen LogP contribution in [0.1, 0.15) is 37.7 Å². The highest BCUT2D eigenvalue weighted by molar-refractivity contribution is 6.15. The smallest absolute Gasteiger partial charge is 0.357 e. The second-order valence-electron chi connectivity index (χ2n) is 8.03. The van der Waals surface area contributed by atoms with Gasteiger partial charge in [0, 0.05) is 5.69 Å². The number of tetrazole rings is 1. The predicted molar refractivity (Wildman–Crippen MR) is 118 cm³/mol. The molecule has 0 saturated carbocycles. The van der Waals surface area contributed by atoms with Gasteiger partial charge in [0.1, 0.15) is 0 Å². The number of aryl methyl sites for hydroxylation is 1. The molecule has 0 fully saturated rings. The zero-order valence-electron chi connectivity index (χ0n) is 18.0. The molecule has 8 nitrogen and oxygen atoms in total. The molecule has 2 aromatic carbocycles. The van der Waals surface area contributed by atoms with Crippen molar-refractivity contribution in [3.05, 3.63) is 71.5 Å². The van der Waals surface area contributed by atoms with E-state index in [1.165, 1.54) is 4.68 Å². The first-order valence-electron chi connectivity index (χ1n) is 9.83. The standard InChI is InChI=1S/C23H25N5O3/c1-16-25-26-27-28(16)20(14-17-8-6-5-7-9-17)22(30)31-15-21(29)24-19-12-10-18(11-13-19)23(2,3)4/h5-14H,15H2,1-4H3,(H,24,29)/b20-14-. The average molecular weight is 419 g/mol. The highest BCUT2D eigenvalue weighted by Gasteiger charge is 2.19. The number of amides is 1. The summed E-state index contributed by atoms with van der Waals surface area (Å²) in [6, 6.07) is 16.8. The Balaban J connectivity index is 1.67. The third-order valence-electron chi connectivity index (χ3n) is 4.53. The summed E-state index contributed by atoms with van der Waals surface area (Å²) in [5.74, 6) is -0.732. The number of benzene rings is 2. The minimum Gasteiger partial charge on any atom is -0.451 e. The molecule has 0 saturated heterocycles. The third kappa shape index (κ3) is 5.85. The van der Waals surface area contributed by atoms with Crippen LogP contribution >= 0.6 is 0 Å². The minimum absolute atomic E-state index is 0.0217. The largest absolute Gasteiger partial charge is 0.451 e. The third-order valence-corrected chi connectivity index (χ3v) is 4.53. The molecule has 160 valence electrons. The summed E-state index contributed by atoms with van der Waals surface area (Å²) >= 11 is 0. The molecule has 0 bridgehead atoms. The van der Waals surface area contributed by atoms with Crippen molar-refractivity contribution in [3.8, 4) is 0 Å². The van der Waals surface area contributed by atoms with E-state index < -0.39 is 18.5 Å². The number of ether oxygens (including phenoxy) is 1. The molecule has 0 aliphatic heterocycles. The Kier molecular flexibility index (Phi) is 6.59. The Morgan fingerprint density at radius 2 is 1.74 bits per heavy atom. The highest BCUT2D eigenvalue weighted by Crippen LogP contribution is 2.23. The summed E-state index contributed by atoms with van der Waals surface area (Å²) in [5, 5.41) is 14.0.